The summed E-state index contributed by atoms with van der Waals surface area (Å²) in [6.45, 7) is 0. The second-order valence-corrected chi connectivity index (χ2v) is 3.71. The molecule has 0 saturated heterocycles. The molecule has 0 amide bonds. The van der Waals surface area contributed by atoms with Crippen LogP contribution >= 0.6 is 0 Å². The van der Waals surface area contributed by atoms with Crippen molar-refractivity contribution in [2.45, 2.75) is 0 Å². The summed E-state index contributed by atoms with van der Waals surface area (Å²) >= 11 is 0. The van der Waals surface area contributed by atoms with Gasteiger partial charge in [0.25, 0.3) is 0 Å². The van der Waals surface area contributed by atoms with Crippen LogP contribution in [-0.2, 0) is 0 Å². The predicted octanol–water partition coefficient (Wildman–Crippen LogP) is 2.87. The van der Waals surface area contributed by atoms with Gasteiger partial charge in [-0.05, 0) is 11.6 Å². The van der Waals surface area contributed by atoms with Crippen LogP contribution in [0.2, 0.25) is 0 Å². The van der Waals surface area contributed by atoms with Gasteiger partial charge in [-0.2, -0.15) is 0 Å². The van der Waals surface area contributed by atoms with E-state index in [2.05, 4.69) is 0 Å². The Hall–Kier alpha value is -2.35. The van der Waals surface area contributed by atoms with Crippen molar-refractivity contribution in [2.24, 2.45) is 5.73 Å². The largest absolute Gasteiger partial charge is 0.396 e. The Morgan fingerprint density at radius 1 is 0.882 bits per heavy atom. The summed E-state index contributed by atoms with van der Waals surface area (Å²) in [6.07, 6.45) is 1.69. The Morgan fingerprint density at radius 2 is 1.41 bits per heavy atom. The van der Waals surface area contributed by atoms with E-state index in [1.54, 1.807) is 18.2 Å². The smallest absolute Gasteiger partial charge is 0.208 e. The fraction of sp³-hybridized carbons (Fsp3) is 0. The van der Waals surface area contributed by atoms with E-state index in [0.29, 0.717) is 5.56 Å². The Balaban J connectivity index is 2.24. The fourth-order valence-corrected chi connectivity index (χ4v) is 1.55. The molecule has 0 spiro atoms. The van der Waals surface area contributed by atoms with Gasteiger partial charge in [0.05, 0.1) is 5.70 Å². The molecule has 0 atom stereocenters. The molecule has 0 aliphatic carbocycles. The molecule has 0 saturated carbocycles. The van der Waals surface area contributed by atoms with Crippen molar-refractivity contribution in [3.05, 3.63) is 77.5 Å². The quantitative estimate of drug-likeness (QED) is 0.642. The number of hydrogen-bond donors (Lipinski definition) is 1. The molecule has 2 nitrogen and oxygen atoms in total. The minimum absolute atomic E-state index is 0.144. The summed E-state index contributed by atoms with van der Waals surface area (Å²) in [7, 11) is 0. The highest BCUT2D eigenvalue weighted by molar-refractivity contribution is 6.10. The van der Waals surface area contributed by atoms with Gasteiger partial charge in [-0.3, -0.25) is 4.79 Å². The SMILES string of the molecule is N/C(=C\c1ccccc1)C(=O)c1ccccc1. The second-order valence-electron chi connectivity index (χ2n) is 3.71. The lowest BCUT2D eigenvalue weighted by atomic mass is 10.1. The van der Waals surface area contributed by atoms with Gasteiger partial charge in [-0.1, -0.05) is 60.7 Å². The third-order valence-electron chi connectivity index (χ3n) is 2.42. The molecule has 2 aromatic carbocycles. The summed E-state index contributed by atoms with van der Waals surface area (Å²) in [5.74, 6) is -0.144. The van der Waals surface area contributed by atoms with Crippen LogP contribution in [0.1, 0.15) is 15.9 Å². The van der Waals surface area contributed by atoms with Crippen LogP contribution in [0.3, 0.4) is 0 Å². The van der Waals surface area contributed by atoms with Gasteiger partial charge in [-0.25, -0.2) is 0 Å². The van der Waals surface area contributed by atoms with Gasteiger partial charge in [0.1, 0.15) is 0 Å². The lowest BCUT2D eigenvalue weighted by Gasteiger charge is -2.01. The van der Waals surface area contributed by atoms with Crippen molar-refractivity contribution in [1.82, 2.24) is 0 Å². The highest BCUT2D eigenvalue weighted by atomic mass is 16.1. The summed E-state index contributed by atoms with van der Waals surface area (Å²) in [4.78, 5) is 12.0. The molecular formula is C15H13NO. The molecule has 2 rings (SSSR count). The first-order chi connectivity index (χ1) is 8.27. The van der Waals surface area contributed by atoms with Gasteiger partial charge in [0, 0.05) is 5.56 Å². The van der Waals surface area contributed by atoms with Crippen molar-refractivity contribution in [1.29, 1.82) is 0 Å². The first-order valence-corrected chi connectivity index (χ1v) is 5.39. The van der Waals surface area contributed by atoms with Gasteiger partial charge in [0.2, 0.25) is 5.78 Å². The van der Waals surface area contributed by atoms with Crippen LogP contribution in [0.4, 0.5) is 0 Å². The van der Waals surface area contributed by atoms with Crippen LogP contribution in [0, 0.1) is 0 Å². The number of Topliss-reactive ketones (excluding diaryl/α,β-unsaturated/α-hetero) is 1. The third kappa shape index (κ3) is 2.82. The molecular weight excluding hydrogens is 210 g/mol. The van der Waals surface area contributed by atoms with E-state index in [0.717, 1.165) is 5.56 Å². The molecule has 0 aliphatic heterocycles. The molecule has 0 bridgehead atoms. The van der Waals surface area contributed by atoms with Crippen molar-refractivity contribution >= 4 is 11.9 Å². The number of nitrogens with two attached hydrogens (primary N) is 1. The number of ketones is 1. The molecule has 0 unspecified atom stereocenters. The van der Waals surface area contributed by atoms with E-state index in [4.69, 9.17) is 5.73 Å². The van der Waals surface area contributed by atoms with Crippen LogP contribution in [0.25, 0.3) is 6.08 Å². The predicted molar refractivity (Wildman–Crippen MR) is 69.4 cm³/mol. The van der Waals surface area contributed by atoms with Crippen LogP contribution in [0.15, 0.2) is 66.4 Å². The number of benzene rings is 2. The zero-order valence-corrected chi connectivity index (χ0v) is 9.34. The monoisotopic (exact) mass is 223 g/mol. The maximum absolute atomic E-state index is 12.0. The molecule has 84 valence electrons. The van der Waals surface area contributed by atoms with E-state index in [9.17, 15) is 4.79 Å². The summed E-state index contributed by atoms with van der Waals surface area (Å²) in [6, 6.07) is 18.6. The molecule has 0 aliphatic rings. The molecule has 2 N–H and O–H groups in total. The highest BCUT2D eigenvalue weighted by Crippen LogP contribution is 2.08. The van der Waals surface area contributed by atoms with Crippen molar-refractivity contribution in [2.75, 3.05) is 0 Å². The maximum Gasteiger partial charge on any atom is 0.208 e. The third-order valence-corrected chi connectivity index (χ3v) is 2.42. The average molecular weight is 223 g/mol. The van der Waals surface area contributed by atoms with Gasteiger partial charge >= 0.3 is 0 Å². The van der Waals surface area contributed by atoms with Crippen LogP contribution < -0.4 is 5.73 Å². The van der Waals surface area contributed by atoms with Crippen molar-refractivity contribution in [3.63, 3.8) is 0 Å². The Kier molecular flexibility index (Phi) is 3.36. The summed E-state index contributed by atoms with van der Waals surface area (Å²) in [5.41, 5.74) is 7.58. The lowest BCUT2D eigenvalue weighted by Crippen LogP contribution is -2.11. The fourth-order valence-electron chi connectivity index (χ4n) is 1.55. The normalized spacial score (nSPS) is 11.2. The van der Waals surface area contributed by atoms with E-state index < -0.39 is 0 Å². The van der Waals surface area contributed by atoms with Gasteiger partial charge < -0.3 is 5.73 Å². The van der Waals surface area contributed by atoms with Crippen LogP contribution in [0.5, 0.6) is 0 Å². The number of allylic oxidation sites excluding steroid dienone is 1. The maximum atomic E-state index is 12.0. The molecule has 2 aromatic rings. The Labute approximate surface area is 100 Å². The van der Waals surface area contributed by atoms with Gasteiger partial charge in [-0.15, -0.1) is 0 Å². The van der Waals surface area contributed by atoms with E-state index in [-0.39, 0.29) is 11.5 Å². The second kappa shape index (κ2) is 5.12. The van der Waals surface area contributed by atoms with Crippen molar-refractivity contribution in [3.8, 4) is 0 Å². The topological polar surface area (TPSA) is 43.1 Å². The first kappa shape index (κ1) is 11.1. The lowest BCUT2D eigenvalue weighted by molar-refractivity contribution is 0.103. The van der Waals surface area contributed by atoms with Gasteiger partial charge in [0.15, 0.2) is 0 Å². The van der Waals surface area contributed by atoms with E-state index >= 15 is 0 Å². The minimum atomic E-state index is -0.144. The number of carbonyl (C=O) groups is 1. The summed E-state index contributed by atoms with van der Waals surface area (Å²) < 4.78 is 0. The Morgan fingerprint density at radius 3 is 2.00 bits per heavy atom. The Bertz CT molecular complexity index is 529. The van der Waals surface area contributed by atoms with E-state index in [1.165, 1.54) is 0 Å². The number of hydrogen-bond acceptors (Lipinski definition) is 2. The number of carbonyl (C=O) groups excluding carboxylic acids is 1. The zero-order valence-electron chi connectivity index (χ0n) is 9.34. The molecule has 0 fully saturated rings. The standard InChI is InChI=1S/C15H13NO/c16-14(11-12-7-3-1-4-8-12)15(17)13-9-5-2-6-10-13/h1-11H,16H2/b14-11-. The summed E-state index contributed by atoms with van der Waals surface area (Å²) in [5, 5.41) is 0. The minimum Gasteiger partial charge on any atom is -0.396 e. The highest BCUT2D eigenvalue weighted by Gasteiger charge is 2.07. The van der Waals surface area contributed by atoms with Crippen LogP contribution in [-0.4, -0.2) is 5.78 Å². The number of rotatable bonds is 3. The molecule has 17 heavy (non-hydrogen) atoms. The molecule has 0 heterocycles. The zero-order chi connectivity index (χ0) is 12.1. The van der Waals surface area contributed by atoms with E-state index in [1.807, 2.05) is 48.5 Å². The first-order valence-electron chi connectivity index (χ1n) is 5.39. The molecule has 0 radical (unpaired) electrons. The van der Waals surface area contributed by atoms with Crippen molar-refractivity contribution < 1.29 is 4.79 Å². The molecule has 2 heteroatoms. The molecule has 0 aromatic heterocycles. The average Bonchev–Trinajstić information content (AvgIpc) is 2.40.